The van der Waals surface area contributed by atoms with Crippen molar-refractivity contribution < 1.29 is 9.90 Å². The maximum absolute atomic E-state index is 11.5. The van der Waals surface area contributed by atoms with Crippen molar-refractivity contribution in [2.75, 3.05) is 11.9 Å². The molecule has 20 heavy (non-hydrogen) atoms. The summed E-state index contributed by atoms with van der Waals surface area (Å²) in [7, 11) is 0. The Balaban J connectivity index is 2.87. The number of carboxylic acids is 1. The summed E-state index contributed by atoms with van der Waals surface area (Å²) in [5.41, 5.74) is 1.86. The molecule has 0 bridgehead atoms. The van der Waals surface area contributed by atoms with Crippen molar-refractivity contribution in [3.63, 3.8) is 0 Å². The lowest BCUT2D eigenvalue weighted by Crippen LogP contribution is -2.15. The second kappa shape index (κ2) is 8.51. The fourth-order valence-electron chi connectivity index (χ4n) is 2.29. The number of nitrogens with one attached hydrogen (secondary N) is 1. The average molecular weight is 279 g/mol. The summed E-state index contributed by atoms with van der Waals surface area (Å²) in [5.74, 6) is -0.523. The molecule has 0 aliphatic heterocycles. The van der Waals surface area contributed by atoms with E-state index in [1.165, 1.54) is 12.8 Å². The topological polar surface area (TPSA) is 75.1 Å². The van der Waals surface area contributed by atoms with Gasteiger partial charge in [-0.1, -0.05) is 40.0 Å². The Bertz CT molecular complexity index is 447. The van der Waals surface area contributed by atoms with Gasteiger partial charge in [-0.2, -0.15) is 5.10 Å². The first-order chi connectivity index (χ1) is 9.65. The largest absolute Gasteiger partial charge is 0.478 e. The first kappa shape index (κ1) is 16.4. The summed E-state index contributed by atoms with van der Waals surface area (Å²) in [5, 5.41) is 20.8. The van der Waals surface area contributed by atoms with Crippen LogP contribution in [0.3, 0.4) is 0 Å². The predicted octanol–water partition coefficient (Wildman–Crippen LogP) is 3.29. The van der Waals surface area contributed by atoms with Crippen LogP contribution in [0, 0.1) is 0 Å². The smallest absolute Gasteiger partial charge is 0.339 e. The van der Waals surface area contributed by atoms with E-state index in [2.05, 4.69) is 22.4 Å². The van der Waals surface area contributed by atoms with Crippen molar-refractivity contribution >= 4 is 11.8 Å². The van der Waals surface area contributed by atoms with E-state index in [9.17, 15) is 9.90 Å². The highest BCUT2D eigenvalue weighted by Gasteiger charge is 2.19. The molecule has 1 heterocycles. The van der Waals surface area contributed by atoms with Crippen LogP contribution in [-0.2, 0) is 12.8 Å². The lowest BCUT2D eigenvalue weighted by atomic mass is 10.0. The minimum atomic E-state index is -0.928. The number of unbranched alkanes of at least 4 members (excludes halogenated alkanes) is 3. The summed E-state index contributed by atoms with van der Waals surface area (Å²) in [6.07, 6.45) is 5.91. The van der Waals surface area contributed by atoms with Crippen molar-refractivity contribution in [3.05, 3.63) is 16.8 Å². The Kier molecular flexibility index (Phi) is 6.98. The molecule has 0 aromatic carbocycles. The summed E-state index contributed by atoms with van der Waals surface area (Å²) < 4.78 is 0. The van der Waals surface area contributed by atoms with Gasteiger partial charge in [0, 0.05) is 6.54 Å². The van der Waals surface area contributed by atoms with E-state index in [1.54, 1.807) is 0 Å². The van der Waals surface area contributed by atoms with Crippen molar-refractivity contribution in [1.82, 2.24) is 10.2 Å². The van der Waals surface area contributed by atoms with Crippen LogP contribution >= 0.6 is 0 Å². The van der Waals surface area contributed by atoms with Gasteiger partial charge in [0.1, 0.15) is 5.56 Å². The molecule has 0 aliphatic rings. The van der Waals surface area contributed by atoms with Gasteiger partial charge in [0.05, 0.1) is 5.69 Å². The van der Waals surface area contributed by atoms with Gasteiger partial charge in [0.25, 0.3) is 0 Å². The molecular weight excluding hydrogens is 254 g/mol. The molecular formula is C15H25N3O2. The van der Waals surface area contributed by atoms with Crippen LogP contribution in [0.1, 0.15) is 68.1 Å². The molecule has 0 atom stereocenters. The number of rotatable bonds is 9. The number of aromatic carboxylic acids is 1. The number of carboxylic acid groups (broad SMARTS) is 1. The van der Waals surface area contributed by atoms with E-state index in [-0.39, 0.29) is 5.56 Å². The van der Waals surface area contributed by atoms with Gasteiger partial charge < -0.3 is 10.4 Å². The minimum Gasteiger partial charge on any atom is -0.478 e. The summed E-state index contributed by atoms with van der Waals surface area (Å²) >= 11 is 0. The Hall–Kier alpha value is -1.65. The summed E-state index contributed by atoms with van der Waals surface area (Å²) in [6.45, 7) is 6.82. The van der Waals surface area contributed by atoms with Gasteiger partial charge in [0.15, 0.2) is 5.82 Å². The molecule has 1 rings (SSSR count). The molecule has 2 N–H and O–H groups in total. The molecule has 0 aliphatic carbocycles. The maximum atomic E-state index is 11.5. The normalized spacial score (nSPS) is 10.6. The fourth-order valence-corrected chi connectivity index (χ4v) is 2.29. The Morgan fingerprint density at radius 2 is 1.85 bits per heavy atom. The fraction of sp³-hybridized carbons (Fsp3) is 0.667. The quantitative estimate of drug-likeness (QED) is 0.678. The Labute approximate surface area is 120 Å². The van der Waals surface area contributed by atoms with E-state index in [4.69, 9.17) is 0 Å². The van der Waals surface area contributed by atoms with Gasteiger partial charge in [-0.25, -0.2) is 4.79 Å². The van der Waals surface area contributed by atoms with Gasteiger partial charge in [0.2, 0.25) is 0 Å². The second-order valence-electron chi connectivity index (χ2n) is 4.85. The molecule has 0 saturated heterocycles. The molecule has 0 radical (unpaired) electrons. The zero-order valence-electron chi connectivity index (χ0n) is 12.7. The number of anilines is 1. The van der Waals surface area contributed by atoms with Crippen molar-refractivity contribution in [3.8, 4) is 0 Å². The maximum Gasteiger partial charge on any atom is 0.339 e. The van der Waals surface area contributed by atoms with Crippen molar-refractivity contribution in [2.24, 2.45) is 0 Å². The number of aryl methyl sites for hydroxylation is 1. The molecule has 0 amide bonds. The van der Waals surface area contributed by atoms with E-state index >= 15 is 0 Å². The lowest BCUT2D eigenvalue weighted by molar-refractivity contribution is 0.0696. The van der Waals surface area contributed by atoms with Crippen LogP contribution in [0.5, 0.6) is 0 Å². The summed E-state index contributed by atoms with van der Waals surface area (Å²) in [4.78, 5) is 11.5. The summed E-state index contributed by atoms with van der Waals surface area (Å²) in [6, 6.07) is 0. The van der Waals surface area contributed by atoms with E-state index in [1.807, 2.05) is 13.8 Å². The molecule has 1 aromatic rings. The highest BCUT2D eigenvalue weighted by atomic mass is 16.4. The first-order valence-corrected chi connectivity index (χ1v) is 7.51. The third-order valence-corrected chi connectivity index (χ3v) is 3.38. The van der Waals surface area contributed by atoms with E-state index in [0.717, 1.165) is 30.6 Å². The minimum absolute atomic E-state index is 0.287. The molecule has 112 valence electrons. The highest BCUT2D eigenvalue weighted by Crippen LogP contribution is 2.21. The zero-order valence-corrected chi connectivity index (χ0v) is 12.7. The van der Waals surface area contributed by atoms with Gasteiger partial charge in [-0.3, -0.25) is 0 Å². The SMILES string of the molecule is CCCCCCNc1nnc(CC)c(CC)c1C(=O)O. The molecule has 5 heteroatoms. The Morgan fingerprint density at radius 3 is 2.40 bits per heavy atom. The van der Waals surface area contributed by atoms with Crippen molar-refractivity contribution in [1.29, 1.82) is 0 Å². The van der Waals surface area contributed by atoms with Crippen LogP contribution in [0.25, 0.3) is 0 Å². The predicted molar refractivity (Wildman–Crippen MR) is 80.4 cm³/mol. The number of hydrogen-bond acceptors (Lipinski definition) is 4. The molecule has 0 spiro atoms. The highest BCUT2D eigenvalue weighted by molar-refractivity contribution is 5.95. The van der Waals surface area contributed by atoms with E-state index in [0.29, 0.717) is 18.7 Å². The zero-order chi connectivity index (χ0) is 15.0. The first-order valence-electron chi connectivity index (χ1n) is 7.51. The third kappa shape index (κ3) is 4.18. The second-order valence-corrected chi connectivity index (χ2v) is 4.85. The standard InChI is InChI=1S/C15H25N3O2/c1-4-7-8-9-10-16-14-13(15(19)20)11(5-2)12(6-3)17-18-14/h4-10H2,1-3H3,(H,16,18)(H,19,20). The molecule has 0 saturated carbocycles. The van der Waals surface area contributed by atoms with Crippen LogP contribution in [-0.4, -0.2) is 27.8 Å². The van der Waals surface area contributed by atoms with Crippen LogP contribution in [0.2, 0.25) is 0 Å². The molecule has 5 nitrogen and oxygen atoms in total. The lowest BCUT2D eigenvalue weighted by Gasteiger charge is -2.13. The average Bonchev–Trinajstić information content (AvgIpc) is 2.45. The number of carbonyl (C=O) groups is 1. The van der Waals surface area contributed by atoms with Gasteiger partial charge >= 0.3 is 5.97 Å². The van der Waals surface area contributed by atoms with Gasteiger partial charge in [-0.15, -0.1) is 5.10 Å². The van der Waals surface area contributed by atoms with Crippen LogP contribution in [0.4, 0.5) is 5.82 Å². The number of nitrogens with zero attached hydrogens (tertiary/aromatic N) is 2. The van der Waals surface area contributed by atoms with E-state index < -0.39 is 5.97 Å². The molecule has 0 unspecified atom stereocenters. The van der Waals surface area contributed by atoms with Crippen molar-refractivity contribution in [2.45, 2.75) is 59.3 Å². The monoisotopic (exact) mass is 279 g/mol. The molecule has 1 aromatic heterocycles. The van der Waals surface area contributed by atoms with Gasteiger partial charge in [-0.05, 0) is 24.8 Å². The van der Waals surface area contributed by atoms with Crippen LogP contribution in [0.15, 0.2) is 0 Å². The number of hydrogen-bond donors (Lipinski definition) is 2. The number of aromatic nitrogens is 2. The Morgan fingerprint density at radius 1 is 1.10 bits per heavy atom. The molecule has 0 fully saturated rings. The van der Waals surface area contributed by atoms with Crippen LogP contribution < -0.4 is 5.32 Å². The third-order valence-electron chi connectivity index (χ3n) is 3.38.